The lowest BCUT2D eigenvalue weighted by atomic mass is 9.90. The lowest BCUT2D eigenvalue weighted by molar-refractivity contribution is -0.131. The highest BCUT2D eigenvalue weighted by Crippen LogP contribution is 2.18. The Bertz CT molecular complexity index is 156. The highest BCUT2D eigenvalue weighted by atomic mass is 16.3. The van der Waals surface area contributed by atoms with Crippen LogP contribution in [0.25, 0.3) is 0 Å². The Morgan fingerprint density at radius 1 is 1.78 bits per heavy atom. The van der Waals surface area contributed by atoms with Crippen molar-refractivity contribution in [3.8, 4) is 0 Å². The van der Waals surface area contributed by atoms with Gasteiger partial charge in [0.1, 0.15) is 5.60 Å². The maximum atomic E-state index is 10.8. The van der Waals surface area contributed by atoms with Gasteiger partial charge >= 0.3 is 0 Å². The van der Waals surface area contributed by atoms with Gasteiger partial charge in [0.2, 0.25) is 0 Å². The molecule has 0 aromatic heterocycles. The highest BCUT2D eigenvalue weighted by Gasteiger charge is 2.28. The van der Waals surface area contributed by atoms with Crippen LogP contribution in [0.2, 0.25) is 0 Å². The topological polar surface area (TPSA) is 37.3 Å². The van der Waals surface area contributed by atoms with Gasteiger partial charge in [-0.3, -0.25) is 4.79 Å². The molecule has 1 aliphatic rings. The molecule has 1 rings (SSSR count). The maximum absolute atomic E-state index is 10.8. The molecule has 9 heavy (non-hydrogen) atoms. The van der Waals surface area contributed by atoms with E-state index >= 15 is 0 Å². The Balaban J connectivity index is 2.78. The van der Waals surface area contributed by atoms with Crippen LogP contribution in [0, 0.1) is 0 Å². The third-order valence-electron chi connectivity index (χ3n) is 1.60. The molecule has 0 aromatic carbocycles. The molecule has 0 aliphatic heterocycles. The lowest BCUT2D eigenvalue weighted by Gasteiger charge is -2.21. The van der Waals surface area contributed by atoms with Crippen molar-refractivity contribution in [3.05, 3.63) is 12.2 Å². The molecular formula is C7H10O2. The first-order chi connectivity index (χ1) is 4.13. The summed E-state index contributed by atoms with van der Waals surface area (Å²) in [5, 5.41) is 9.24. The fourth-order valence-electron chi connectivity index (χ4n) is 0.857. The van der Waals surface area contributed by atoms with Crippen LogP contribution in [0.3, 0.4) is 0 Å². The number of hydrogen-bond acceptors (Lipinski definition) is 2. The van der Waals surface area contributed by atoms with Crippen molar-refractivity contribution < 1.29 is 9.90 Å². The molecule has 50 valence electrons. The predicted molar refractivity (Wildman–Crippen MR) is 34.0 cm³/mol. The molecule has 0 fully saturated rings. The fourth-order valence-corrected chi connectivity index (χ4v) is 0.857. The van der Waals surface area contributed by atoms with Crippen LogP contribution in [0.15, 0.2) is 12.2 Å². The number of carbonyl (C=O) groups is 1. The fraction of sp³-hybridized carbons (Fsp3) is 0.571. The predicted octanol–water partition coefficient (Wildman–Crippen LogP) is 0.656. The number of carbonyl (C=O) groups excluding carboxylic acids is 1. The van der Waals surface area contributed by atoms with Crippen molar-refractivity contribution in [1.29, 1.82) is 0 Å². The summed E-state index contributed by atoms with van der Waals surface area (Å²) in [5.41, 5.74) is -1.09. The summed E-state index contributed by atoms with van der Waals surface area (Å²) in [6.45, 7) is 1.55. The van der Waals surface area contributed by atoms with E-state index in [9.17, 15) is 9.90 Å². The van der Waals surface area contributed by atoms with Gasteiger partial charge in [-0.2, -0.15) is 0 Å². The second kappa shape index (κ2) is 1.95. The number of hydrogen-bond donors (Lipinski definition) is 1. The van der Waals surface area contributed by atoms with Gasteiger partial charge in [-0.05, 0) is 25.8 Å². The second-order valence-corrected chi connectivity index (χ2v) is 2.58. The molecule has 2 nitrogen and oxygen atoms in total. The molecule has 2 heteroatoms. The summed E-state index contributed by atoms with van der Waals surface area (Å²) in [7, 11) is 0. The molecule has 0 saturated carbocycles. The Morgan fingerprint density at radius 2 is 2.44 bits per heavy atom. The molecule has 1 aliphatic carbocycles. The van der Waals surface area contributed by atoms with E-state index in [1.165, 1.54) is 6.08 Å². The van der Waals surface area contributed by atoms with Crippen LogP contribution in [0.1, 0.15) is 19.8 Å². The van der Waals surface area contributed by atoms with Gasteiger partial charge in [0.15, 0.2) is 5.78 Å². The second-order valence-electron chi connectivity index (χ2n) is 2.58. The smallest absolute Gasteiger partial charge is 0.186 e. The molecule has 0 radical (unpaired) electrons. The zero-order chi connectivity index (χ0) is 6.91. The third kappa shape index (κ3) is 1.19. The summed E-state index contributed by atoms with van der Waals surface area (Å²) in [5.74, 6) is -0.172. The zero-order valence-electron chi connectivity index (χ0n) is 5.42. The maximum Gasteiger partial charge on any atom is 0.186 e. The van der Waals surface area contributed by atoms with E-state index in [4.69, 9.17) is 0 Å². The van der Waals surface area contributed by atoms with Crippen molar-refractivity contribution in [2.24, 2.45) is 0 Å². The van der Waals surface area contributed by atoms with Gasteiger partial charge in [-0.25, -0.2) is 0 Å². The summed E-state index contributed by atoms with van der Waals surface area (Å²) in [6, 6.07) is 0. The van der Waals surface area contributed by atoms with Gasteiger partial charge < -0.3 is 5.11 Å². The molecule has 0 amide bonds. The third-order valence-corrected chi connectivity index (χ3v) is 1.60. The quantitative estimate of drug-likeness (QED) is 0.517. The molecule has 0 aromatic rings. The van der Waals surface area contributed by atoms with Crippen LogP contribution in [-0.2, 0) is 4.79 Å². The van der Waals surface area contributed by atoms with E-state index in [1.807, 2.05) is 0 Å². The molecule has 0 saturated heterocycles. The van der Waals surface area contributed by atoms with Gasteiger partial charge in [-0.1, -0.05) is 6.08 Å². The van der Waals surface area contributed by atoms with E-state index in [2.05, 4.69) is 0 Å². The van der Waals surface area contributed by atoms with E-state index < -0.39 is 5.60 Å². The number of ketones is 1. The van der Waals surface area contributed by atoms with Gasteiger partial charge in [0.25, 0.3) is 0 Å². The van der Waals surface area contributed by atoms with Crippen molar-refractivity contribution in [1.82, 2.24) is 0 Å². The van der Waals surface area contributed by atoms with Crippen LogP contribution in [-0.4, -0.2) is 16.5 Å². The number of rotatable bonds is 0. The Hall–Kier alpha value is -0.630. The summed E-state index contributed by atoms with van der Waals surface area (Å²) >= 11 is 0. The summed E-state index contributed by atoms with van der Waals surface area (Å²) in [4.78, 5) is 10.8. The largest absolute Gasteiger partial charge is 0.382 e. The SMILES string of the molecule is C[C@@]1(O)CCC=CC1=O. The van der Waals surface area contributed by atoms with Crippen LogP contribution in [0.5, 0.6) is 0 Å². The van der Waals surface area contributed by atoms with Crippen molar-refractivity contribution in [2.45, 2.75) is 25.4 Å². The normalized spacial score (nSPS) is 35.1. The molecule has 0 bridgehead atoms. The lowest BCUT2D eigenvalue weighted by Crippen LogP contribution is -2.35. The van der Waals surface area contributed by atoms with E-state index in [0.29, 0.717) is 6.42 Å². The van der Waals surface area contributed by atoms with Crippen molar-refractivity contribution in [3.63, 3.8) is 0 Å². The number of allylic oxidation sites excluding steroid dienone is 1. The molecule has 1 atom stereocenters. The average Bonchev–Trinajstić information content (AvgIpc) is 1.77. The zero-order valence-corrected chi connectivity index (χ0v) is 5.42. The molecule has 1 N–H and O–H groups in total. The Morgan fingerprint density at radius 3 is 2.78 bits per heavy atom. The molecule has 0 spiro atoms. The van der Waals surface area contributed by atoms with Gasteiger partial charge in [0.05, 0.1) is 0 Å². The monoisotopic (exact) mass is 126 g/mol. The first kappa shape index (κ1) is 6.49. The molecule has 0 heterocycles. The van der Waals surface area contributed by atoms with Crippen LogP contribution >= 0.6 is 0 Å². The first-order valence-electron chi connectivity index (χ1n) is 3.06. The Labute approximate surface area is 54.2 Å². The summed E-state index contributed by atoms with van der Waals surface area (Å²) < 4.78 is 0. The van der Waals surface area contributed by atoms with Crippen LogP contribution < -0.4 is 0 Å². The van der Waals surface area contributed by atoms with E-state index in [-0.39, 0.29) is 5.78 Å². The van der Waals surface area contributed by atoms with Crippen molar-refractivity contribution >= 4 is 5.78 Å². The molecular weight excluding hydrogens is 116 g/mol. The van der Waals surface area contributed by atoms with Gasteiger partial charge in [0, 0.05) is 0 Å². The van der Waals surface area contributed by atoms with Crippen LogP contribution in [0.4, 0.5) is 0 Å². The van der Waals surface area contributed by atoms with E-state index in [0.717, 1.165) is 6.42 Å². The van der Waals surface area contributed by atoms with Gasteiger partial charge in [-0.15, -0.1) is 0 Å². The van der Waals surface area contributed by atoms with E-state index in [1.54, 1.807) is 13.0 Å². The standard InChI is InChI=1S/C7H10O2/c1-7(9)5-3-2-4-6(7)8/h2,4,9H,3,5H2,1H3/t7-/m1/s1. The molecule has 0 unspecified atom stereocenters. The minimum absolute atomic E-state index is 0.172. The minimum atomic E-state index is -1.09. The highest BCUT2D eigenvalue weighted by molar-refractivity contribution is 5.97. The average molecular weight is 126 g/mol. The van der Waals surface area contributed by atoms with Crippen molar-refractivity contribution in [2.75, 3.05) is 0 Å². The number of aliphatic hydroxyl groups is 1. The Kier molecular flexibility index (Phi) is 1.41. The first-order valence-corrected chi connectivity index (χ1v) is 3.06. The summed E-state index contributed by atoms with van der Waals surface area (Å²) in [6.07, 6.45) is 4.60. The minimum Gasteiger partial charge on any atom is -0.382 e.